The van der Waals surface area contributed by atoms with Crippen molar-refractivity contribution in [1.29, 1.82) is 0 Å². The van der Waals surface area contributed by atoms with Crippen LogP contribution in [0.1, 0.15) is 13.8 Å². The lowest BCUT2D eigenvalue weighted by Crippen LogP contribution is -2.46. The molecule has 0 spiro atoms. The summed E-state index contributed by atoms with van der Waals surface area (Å²) in [6.07, 6.45) is -4.37. The normalized spacial score (nSPS) is 37.8. The Morgan fingerprint density at radius 1 is 1.20 bits per heavy atom. The lowest BCUT2D eigenvalue weighted by atomic mass is 10.1. The predicted molar refractivity (Wildman–Crippen MR) is 84.8 cm³/mol. The van der Waals surface area contributed by atoms with Crippen molar-refractivity contribution in [3.63, 3.8) is 0 Å². The molecule has 3 fully saturated rings. The van der Waals surface area contributed by atoms with Crippen LogP contribution in [-0.2, 0) is 23.7 Å². The van der Waals surface area contributed by atoms with Crippen molar-refractivity contribution in [2.75, 3.05) is 46.1 Å². The van der Waals surface area contributed by atoms with E-state index in [4.69, 9.17) is 23.7 Å². The molecule has 1 unspecified atom stereocenters. The van der Waals surface area contributed by atoms with Crippen LogP contribution >= 0.6 is 0 Å². The third-order valence-corrected chi connectivity index (χ3v) is 4.65. The molecule has 9 heteroatoms. The Labute approximate surface area is 147 Å². The van der Waals surface area contributed by atoms with Gasteiger partial charge < -0.3 is 39.0 Å². The van der Waals surface area contributed by atoms with E-state index in [0.29, 0.717) is 19.8 Å². The fourth-order valence-corrected chi connectivity index (χ4v) is 3.46. The zero-order valence-electron chi connectivity index (χ0n) is 14.7. The van der Waals surface area contributed by atoms with Crippen molar-refractivity contribution in [3.05, 3.63) is 0 Å². The number of fused-ring (bicyclic) bond motifs is 1. The fourth-order valence-electron chi connectivity index (χ4n) is 3.46. The minimum atomic E-state index is -1.11. The Balaban J connectivity index is 1.55. The molecule has 0 aromatic rings. The van der Waals surface area contributed by atoms with Gasteiger partial charge >= 0.3 is 0 Å². The molecule has 0 amide bonds. The summed E-state index contributed by atoms with van der Waals surface area (Å²) in [5.74, 6) is -0.807. The van der Waals surface area contributed by atoms with Crippen molar-refractivity contribution in [1.82, 2.24) is 4.90 Å². The first-order valence-corrected chi connectivity index (χ1v) is 8.79. The fraction of sp³-hybridized carbons (Fsp3) is 1.00. The second kappa shape index (κ2) is 8.12. The van der Waals surface area contributed by atoms with Crippen LogP contribution in [0.15, 0.2) is 0 Å². The van der Waals surface area contributed by atoms with E-state index >= 15 is 0 Å². The molecule has 6 atom stereocenters. The Morgan fingerprint density at radius 2 is 1.92 bits per heavy atom. The molecule has 0 aromatic carbocycles. The Morgan fingerprint density at radius 3 is 2.60 bits per heavy atom. The van der Waals surface area contributed by atoms with E-state index in [1.165, 1.54) is 0 Å². The minimum absolute atomic E-state index is 0.0764. The van der Waals surface area contributed by atoms with E-state index < -0.39 is 49.2 Å². The monoisotopic (exact) mass is 363 g/mol. The Kier molecular flexibility index (Phi) is 6.30. The smallest absolute Gasteiger partial charge is 0.190 e. The molecule has 3 N–H and O–H groups in total. The highest BCUT2D eigenvalue weighted by atomic mass is 16.8. The highest BCUT2D eigenvalue weighted by Crippen LogP contribution is 2.39. The Bertz CT molecular complexity index is 430. The summed E-state index contributed by atoms with van der Waals surface area (Å²) in [5.41, 5.74) is 0. The van der Waals surface area contributed by atoms with Gasteiger partial charge in [-0.05, 0) is 13.8 Å². The molecule has 25 heavy (non-hydrogen) atoms. The number of morpholine rings is 1. The number of aliphatic hydroxyl groups is 3. The maximum Gasteiger partial charge on any atom is 0.190 e. The van der Waals surface area contributed by atoms with Crippen molar-refractivity contribution < 1.29 is 39.0 Å². The van der Waals surface area contributed by atoms with Gasteiger partial charge in [0, 0.05) is 19.6 Å². The van der Waals surface area contributed by atoms with Crippen molar-refractivity contribution in [2.24, 2.45) is 0 Å². The molecule has 0 radical (unpaired) electrons. The zero-order chi connectivity index (χ0) is 18.0. The molecular weight excluding hydrogens is 334 g/mol. The number of aliphatic hydroxyl groups excluding tert-OH is 3. The SMILES string of the molecule is CC1(C)O[C@H]2O[C@H]([C@H](O)CO)[C@H](OCC(O)CN3CCOCC3)[C@H]2O1. The summed E-state index contributed by atoms with van der Waals surface area (Å²) in [5, 5.41) is 29.5. The van der Waals surface area contributed by atoms with Crippen LogP contribution in [0.2, 0.25) is 0 Å². The van der Waals surface area contributed by atoms with Gasteiger partial charge in [0.1, 0.15) is 24.4 Å². The number of rotatable bonds is 7. The largest absolute Gasteiger partial charge is 0.394 e. The lowest BCUT2D eigenvalue weighted by Gasteiger charge is -2.30. The molecule has 3 aliphatic rings. The van der Waals surface area contributed by atoms with E-state index in [2.05, 4.69) is 4.90 Å². The maximum atomic E-state index is 10.3. The van der Waals surface area contributed by atoms with Crippen LogP contribution in [-0.4, -0.2) is 109 Å². The molecule has 146 valence electrons. The van der Waals surface area contributed by atoms with Crippen LogP contribution in [0.5, 0.6) is 0 Å². The first-order chi connectivity index (χ1) is 11.9. The first-order valence-electron chi connectivity index (χ1n) is 8.79. The molecular formula is C16H29NO8. The molecule has 0 saturated carbocycles. The molecule has 0 aromatic heterocycles. The van der Waals surface area contributed by atoms with Crippen LogP contribution in [0, 0.1) is 0 Å². The summed E-state index contributed by atoms with van der Waals surface area (Å²) in [6, 6.07) is 0. The lowest BCUT2D eigenvalue weighted by molar-refractivity contribution is -0.232. The molecule has 3 heterocycles. The molecule has 3 aliphatic heterocycles. The van der Waals surface area contributed by atoms with E-state index in [0.717, 1.165) is 13.1 Å². The summed E-state index contributed by atoms with van der Waals surface area (Å²) in [4.78, 5) is 2.11. The van der Waals surface area contributed by atoms with Crippen molar-refractivity contribution in [3.8, 4) is 0 Å². The second-order valence-corrected chi connectivity index (χ2v) is 7.18. The van der Waals surface area contributed by atoms with Gasteiger partial charge in [-0.2, -0.15) is 0 Å². The topological polar surface area (TPSA) is 110 Å². The van der Waals surface area contributed by atoms with Crippen molar-refractivity contribution in [2.45, 2.75) is 56.4 Å². The molecule has 3 saturated heterocycles. The van der Waals surface area contributed by atoms with E-state index in [-0.39, 0.29) is 6.61 Å². The van der Waals surface area contributed by atoms with Gasteiger partial charge in [-0.15, -0.1) is 0 Å². The van der Waals surface area contributed by atoms with E-state index in [9.17, 15) is 15.3 Å². The average Bonchev–Trinajstić information content (AvgIpc) is 3.05. The van der Waals surface area contributed by atoms with Gasteiger partial charge in [0.25, 0.3) is 0 Å². The van der Waals surface area contributed by atoms with Gasteiger partial charge in [-0.3, -0.25) is 4.90 Å². The van der Waals surface area contributed by atoms with Crippen LogP contribution in [0.4, 0.5) is 0 Å². The van der Waals surface area contributed by atoms with Crippen molar-refractivity contribution >= 4 is 0 Å². The van der Waals surface area contributed by atoms with E-state index in [1.807, 2.05) is 0 Å². The number of hydrogen-bond acceptors (Lipinski definition) is 9. The molecule has 0 bridgehead atoms. The zero-order valence-corrected chi connectivity index (χ0v) is 14.7. The highest BCUT2D eigenvalue weighted by Gasteiger charge is 2.57. The molecule has 9 nitrogen and oxygen atoms in total. The van der Waals surface area contributed by atoms with Gasteiger partial charge in [-0.25, -0.2) is 0 Å². The third kappa shape index (κ3) is 4.68. The summed E-state index contributed by atoms with van der Waals surface area (Å²) < 4.78 is 28.3. The van der Waals surface area contributed by atoms with Crippen LogP contribution in [0.25, 0.3) is 0 Å². The second-order valence-electron chi connectivity index (χ2n) is 7.18. The van der Waals surface area contributed by atoms with Gasteiger partial charge in [-0.1, -0.05) is 0 Å². The number of ether oxygens (including phenoxy) is 5. The Hall–Kier alpha value is -0.360. The third-order valence-electron chi connectivity index (χ3n) is 4.65. The summed E-state index contributed by atoms with van der Waals surface area (Å²) in [7, 11) is 0. The van der Waals surface area contributed by atoms with Gasteiger partial charge in [0.15, 0.2) is 12.1 Å². The van der Waals surface area contributed by atoms with E-state index in [1.54, 1.807) is 13.8 Å². The first kappa shape index (κ1) is 19.4. The van der Waals surface area contributed by atoms with Crippen LogP contribution in [0.3, 0.4) is 0 Å². The number of nitrogens with zero attached hydrogens (tertiary/aromatic N) is 1. The molecule has 3 rings (SSSR count). The quantitative estimate of drug-likeness (QED) is 0.487. The minimum Gasteiger partial charge on any atom is -0.394 e. The highest BCUT2D eigenvalue weighted by molar-refractivity contribution is 4.97. The summed E-state index contributed by atoms with van der Waals surface area (Å²) in [6.45, 7) is 6.55. The van der Waals surface area contributed by atoms with Gasteiger partial charge in [0.05, 0.1) is 32.5 Å². The predicted octanol–water partition coefficient (Wildman–Crippen LogP) is -1.71. The average molecular weight is 363 g/mol. The summed E-state index contributed by atoms with van der Waals surface area (Å²) >= 11 is 0. The molecule has 0 aliphatic carbocycles. The number of hydrogen-bond donors (Lipinski definition) is 3. The standard InChI is InChI=1S/C16H29NO8/c1-16(2)24-14-13(12(11(20)8-18)23-15(14)25-16)22-9-10(19)7-17-3-5-21-6-4-17/h10-15,18-20H,3-9H2,1-2H3/t10?,11-,12-,13+,14-,15-/m1/s1. The van der Waals surface area contributed by atoms with Crippen LogP contribution < -0.4 is 0 Å². The van der Waals surface area contributed by atoms with Gasteiger partial charge in [0.2, 0.25) is 0 Å². The number of β-amino-alcohol motifs (C(OH)–C–C–N with tert-alkyl or cyclic N) is 1. The maximum absolute atomic E-state index is 10.3.